The van der Waals surface area contributed by atoms with Crippen molar-refractivity contribution in [2.75, 3.05) is 0 Å². The van der Waals surface area contributed by atoms with Gasteiger partial charge in [-0.2, -0.15) is 16.3 Å². The van der Waals surface area contributed by atoms with Gasteiger partial charge in [0.15, 0.2) is 5.82 Å². The zero-order chi connectivity index (χ0) is 13.8. The lowest BCUT2D eigenvalue weighted by Crippen LogP contribution is -2.22. The number of hydrogen-bond donors (Lipinski definition) is 1. The molecule has 1 atom stereocenters. The minimum absolute atomic E-state index is 0.0609. The van der Waals surface area contributed by atoms with Gasteiger partial charge in [-0.25, -0.2) is 0 Å². The molecule has 0 radical (unpaired) electrons. The Labute approximate surface area is 119 Å². The summed E-state index contributed by atoms with van der Waals surface area (Å²) in [5, 5.41) is 16.4. The van der Waals surface area contributed by atoms with Crippen molar-refractivity contribution in [1.82, 2.24) is 10.1 Å². The van der Waals surface area contributed by atoms with Crippen LogP contribution in [-0.2, 0) is 10.5 Å². The molecule has 0 aliphatic rings. The van der Waals surface area contributed by atoms with Crippen LogP contribution in [0.25, 0.3) is 11.5 Å². The molecule has 102 valence electrons. The zero-order valence-electron chi connectivity index (χ0n) is 10.6. The molecule has 0 aliphatic heterocycles. The first kappa shape index (κ1) is 14.1. The predicted molar refractivity (Wildman–Crippen MR) is 75.2 cm³/mol. The average Bonchev–Trinajstić information content (AvgIpc) is 2.98. The van der Waals surface area contributed by atoms with Crippen LogP contribution in [0, 0.1) is 5.92 Å². The van der Waals surface area contributed by atoms with Crippen molar-refractivity contribution in [1.29, 1.82) is 0 Å². The Kier molecular flexibility index (Phi) is 4.60. The minimum Gasteiger partial charge on any atom is -0.480 e. The summed E-state index contributed by atoms with van der Waals surface area (Å²) in [4.78, 5) is 15.3. The maximum absolute atomic E-state index is 11.1. The summed E-state index contributed by atoms with van der Waals surface area (Å²) in [7, 11) is 0. The van der Waals surface area contributed by atoms with Gasteiger partial charge in [0.1, 0.15) is 5.25 Å². The Hall–Kier alpha value is -1.34. The van der Waals surface area contributed by atoms with E-state index in [0.29, 0.717) is 17.5 Å². The van der Waals surface area contributed by atoms with Crippen molar-refractivity contribution in [2.45, 2.75) is 24.9 Å². The summed E-state index contributed by atoms with van der Waals surface area (Å²) in [6.45, 7) is 3.78. The van der Waals surface area contributed by atoms with Gasteiger partial charge in [-0.1, -0.05) is 19.0 Å². The molecule has 7 heteroatoms. The second-order valence-corrected chi connectivity index (χ2v) is 6.25. The zero-order valence-corrected chi connectivity index (χ0v) is 12.2. The van der Waals surface area contributed by atoms with E-state index in [9.17, 15) is 4.79 Å². The molecule has 2 aromatic heterocycles. The van der Waals surface area contributed by atoms with Gasteiger partial charge in [0, 0.05) is 5.38 Å². The molecule has 0 saturated carbocycles. The van der Waals surface area contributed by atoms with Crippen molar-refractivity contribution in [3.05, 3.63) is 22.7 Å². The highest BCUT2D eigenvalue weighted by molar-refractivity contribution is 7.99. The lowest BCUT2D eigenvalue weighted by Gasteiger charge is -2.14. The summed E-state index contributed by atoms with van der Waals surface area (Å²) in [6, 6.07) is 1.91. The van der Waals surface area contributed by atoms with E-state index in [1.165, 1.54) is 11.8 Å². The van der Waals surface area contributed by atoms with E-state index >= 15 is 0 Å². The molecule has 1 N–H and O–H groups in total. The third-order valence-electron chi connectivity index (χ3n) is 2.48. The number of aliphatic carboxylic acids is 1. The number of carboxylic acid groups (broad SMARTS) is 1. The monoisotopic (exact) mass is 298 g/mol. The fraction of sp³-hybridized carbons (Fsp3) is 0.417. The van der Waals surface area contributed by atoms with Crippen molar-refractivity contribution in [3.8, 4) is 11.5 Å². The minimum atomic E-state index is -0.804. The summed E-state index contributed by atoms with van der Waals surface area (Å²) < 4.78 is 5.15. The lowest BCUT2D eigenvalue weighted by atomic mass is 10.1. The lowest BCUT2D eigenvalue weighted by molar-refractivity contribution is -0.137. The number of thioether (sulfide) groups is 1. The molecule has 2 rings (SSSR count). The standard InChI is InChI=1S/C12H14N2O3S2/c1-7(2)10(12(15)16)19-6-9-13-11(17-14-9)8-3-4-18-5-8/h3-5,7,10H,6H2,1-2H3,(H,15,16). The van der Waals surface area contributed by atoms with Crippen LogP contribution >= 0.6 is 23.1 Å². The molecule has 19 heavy (non-hydrogen) atoms. The fourth-order valence-electron chi connectivity index (χ4n) is 1.53. The molecule has 0 amide bonds. The van der Waals surface area contributed by atoms with Gasteiger partial charge in [0.05, 0.1) is 11.3 Å². The largest absolute Gasteiger partial charge is 0.480 e. The van der Waals surface area contributed by atoms with Gasteiger partial charge < -0.3 is 9.63 Å². The van der Waals surface area contributed by atoms with Gasteiger partial charge in [-0.05, 0) is 17.4 Å². The fourth-order valence-corrected chi connectivity index (χ4v) is 3.13. The predicted octanol–water partition coefficient (Wildman–Crippen LogP) is 3.14. The quantitative estimate of drug-likeness (QED) is 0.883. The first-order valence-corrected chi connectivity index (χ1v) is 7.76. The normalized spacial score (nSPS) is 12.8. The molecular formula is C12H14N2O3S2. The van der Waals surface area contributed by atoms with Crippen LogP contribution in [0.1, 0.15) is 19.7 Å². The van der Waals surface area contributed by atoms with Crippen LogP contribution in [0.2, 0.25) is 0 Å². The number of aromatic nitrogens is 2. The SMILES string of the molecule is CC(C)C(SCc1noc(-c2ccsc2)n1)C(=O)O. The van der Waals surface area contributed by atoms with Crippen LogP contribution in [0.5, 0.6) is 0 Å². The summed E-state index contributed by atoms with van der Waals surface area (Å²) in [6.07, 6.45) is 0. The molecule has 0 saturated heterocycles. The van der Waals surface area contributed by atoms with E-state index in [2.05, 4.69) is 10.1 Å². The Bertz CT molecular complexity index is 537. The summed E-state index contributed by atoms with van der Waals surface area (Å²) in [5.74, 6) is 0.696. The number of carboxylic acids is 1. The van der Waals surface area contributed by atoms with Crippen LogP contribution in [-0.4, -0.2) is 26.5 Å². The van der Waals surface area contributed by atoms with Gasteiger partial charge in [0.2, 0.25) is 0 Å². The smallest absolute Gasteiger partial charge is 0.316 e. The molecule has 0 fully saturated rings. The third-order valence-corrected chi connectivity index (χ3v) is 4.69. The third kappa shape index (κ3) is 3.57. The van der Waals surface area contributed by atoms with Crippen LogP contribution in [0.3, 0.4) is 0 Å². The van der Waals surface area contributed by atoms with E-state index in [1.807, 2.05) is 30.7 Å². The second-order valence-electron chi connectivity index (χ2n) is 4.34. The van der Waals surface area contributed by atoms with Gasteiger partial charge >= 0.3 is 5.97 Å². The maximum Gasteiger partial charge on any atom is 0.316 e. The highest BCUT2D eigenvalue weighted by atomic mass is 32.2. The Balaban J connectivity index is 1.99. The highest BCUT2D eigenvalue weighted by Gasteiger charge is 2.22. The molecule has 5 nitrogen and oxygen atoms in total. The topological polar surface area (TPSA) is 76.2 Å². The van der Waals surface area contributed by atoms with E-state index in [4.69, 9.17) is 9.63 Å². The Morgan fingerprint density at radius 2 is 2.37 bits per heavy atom. The van der Waals surface area contributed by atoms with Crippen molar-refractivity contribution >= 4 is 29.1 Å². The van der Waals surface area contributed by atoms with E-state index in [-0.39, 0.29) is 5.92 Å². The molecule has 1 unspecified atom stereocenters. The molecular weight excluding hydrogens is 284 g/mol. The molecule has 0 aromatic carbocycles. The van der Waals surface area contributed by atoms with Crippen LogP contribution < -0.4 is 0 Å². The van der Waals surface area contributed by atoms with Crippen molar-refractivity contribution < 1.29 is 14.4 Å². The van der Waals surface area contributed by atoms with E-state index in [1.54, 1.807) is 11.3 Å². The number of hydrogen-bond acceptors (Lipinski definition) is 6. The van der Waals surface area contributed by atoms with Gasteiger partial charge in [-0.3, -0.25) is 4.79 Å². The average molecular weight is 298 g/mol. The molecule has 0 spiro atoms. The summed E-state index contributed by atoms with van der Waals surface area (Å²) >= 11 is 2.88. The van der Waals surface area contributed by atoms with E-state index in [0.717, 1.165) is 5.56 Å². The van der Waals surface area contributed by atoms with Gasteiger partial charge in [0.25, 0.3) is 5.89 Å². The van der Waals surface area contributed by atoms with Crippen LogP contribution in [0.4, 0.5) is 0 Å². The second kappa shape index (κ2) is 6.21. The number of thiophene rings is 1. The first-order chi connectivity index (χ1) is 9.08. The number of nitrogens with zero attached hydrogens (tertiary/aromatic N) is 2. The van der Waals surface area contributed by atoms with Crippen LogP contribution in [0.15, 0.2) is 21.3 Å². The Morgan fingerprint density at radius 1 is 1.58 bits per heavy atom. The first-order valence-electron chi connectivity index (χ1n) is 5.77. The maximum atomic E-state index is 11.1. The molecule has 0 bridgehead atoms. The Morgan fingerprint density at radius 3 is 2.95 bits per heavy atom. The van der Waals surface area contributed by atoms with Crippen molar-refractivity contribution in [3.63, 3.8) is 0 Å². The highest BCUT2D eigenvalue weighted by Crippen LogP contribution is 2.25. The molecule has 0 aliphatic carbocycles. The molecule has 2 aromatic rings. The molecule has 2 heterocycles. The number of carbonyl (C=O) groups is 1. The number of rotatable bonds is 6. The van der Waals surface area contributed by atoms with Crippen molar-refractivity contribution in [2.24, 2.45) is 5.92 Å². The summed E-state index contributed by atoms with van der Waals surface area (Å²) in [5.41, 5.74) is 0.896. The van der Waals surface area contributed by atoms with E-state index < -0.39 is 11.2 Å². The van der Waals surface area contributed by atoms with Gasteiger partial charge in [-0.15, -0.1) is 11.8 Å².